The van der Waals surface area contributed by atoms with Crippen LogP contribution in [-0.4, -0.2) is 22.1 Å². The maximum absolute atomic E-state index is 13.5. The first-order valence-electron chi connectivity index (χ1n) is 20.4. The van der Waals surface area contributed by atoms with Crippen molar-refractivity contribution in [2.45, 2.75) is 141 Å². The minimum atomic E-state index is -4.25. The monoisotopic (exact) mass is 991 g/mol. The number of carbonyl (C=O) groups excluding carboxylic acids is 1. The van der Waals surface area contributed by atoms with Crippen LogP contribution in [-0.2, 0) is 31.3 Å². The number of rotatable bonds is 12. The number of aliphatic hydroxyl groups excluding tert-OH is 1. The van der Waals surface area contributed by atoms with Crippen LogP contribution in [0.15, 0.2) is 60.5 Å². The molecule has 5 aromatic rings. The van der Waals surface area contributed by atoms with Crippen molar-refractivity contribution < 1.29 is 43.2 Å². The number of ketones is 1. The van der Waals surface area contributed by atoms with Crippen molar-refractivity contribution in [2.75, 3.05) is 0 Å². The number of carbonyl (C=O) groups is 1. The van der Waals surface area contributed by atoms with Crippen molar-refractivity contribution in [3.05, 3.63) is 99.9 Å². The molecule has 0 atom stereocenters. The summed E-state index contributed by atoms with van der Waals surface area (Å²) in [6.07, 6.45) is 2.32. The Hall–Kier alpha value is -3.32. The molecule has 0 aliphatic heterocycles. The van der Waals surface area contributed by atoms with Crippen LogP contribution in [0.4, 0.5) is 13.2 Å². The Labute approximate surface area is 363 Å². The summed E-state index contributed by atoms with van der Waals surface area (Å²) in [5.74, 6) is 0.634. The van der Waals surface area contributed by atoms with E-state index < -0.39 is 11.6 Å². The second kappa shape index (κ2) is 18.9. The van der Waals surface area contributed by atoms with Gasteiger partial charge in [-0.15, -0.1) is 40.5 Å². The quantitative estimate of drug-likeness (QED) is 0.0770. The number of allylic oxidation sites excluding steroid dienone is 2. The molecule has 3 aromatic carbocycles. The molecule has 1 radical (unpaired) electrons. The van der Waals surface area contributed by atoms with E-state index in [9.17, 15) is 23.1 Å². The molecule has 2 aromatic heterocycles. The van der Waals surface area contributed by atoms with Gasteiger partial charge in [0.25, 0.3) is 0 Å². The largest absolute Gasteiger partial charge is 0.512 e. The Bertz CT molecular complexity index is 2270. The zero-order valence-electron chi connectivity index (χ0n) is 37.0. The third kappa shape index (κ3) is 10.2. The normalized spacial score (nSPS) is 12.8. The number of nitrogens with zero attached hydrogens (tertiary/aromatic N) is 1. The van der Waals surface area contributed by atoms with Crippen LogP contribution >= 0.6 is 11.3 Å². The number of aliphatic hydroxyl groups is 1. The van der Waals surface area contributed by atoms with Crippen molar-refractivity contribution in [3.8, 4) is 21.7 Å². The zero-order chi connectivity index (χ0) is 42.8. The Morgan fingerprint density at radius 3 is 1.95 bits per heavy atom. The van der Waals surface area contributed by atoms with Gasteiger partial charge < -0.3 is 5.11 Å². The molecule has 0 bridgehead atoms. The molecule has 1 N–H and O–H groups in total. The Morgan fingerprint density at radius 2 is 1.41 bits per heavy atom. The second-order valence-electron chi connectivity index (χ2n) is 17.5. The van der Waals surface area contributed by atoms with Gasteiger partial charge in [-0.2, -0.15) is 13.2 Å². The molecular weight excluding hydrogens is 928 g/mol. The molecule has 2 heterocycles. The van der Waals surface area contributed by atoms with Gasteiger partial charge >= 0.3 is 6.18 Å². The molecule has 0 aliphatic carbocycles. The summed E-state index contributed by atoms with van der Waals surface area (Å²) in [7, 11) is 0. The van der Waals surface area contributed by atoms with Gasteiger partial charge in [0.1, 0.15) is 5.76 Å². The van der Waals surface area contributed by atoms with E-state index in [-0.39, 0.29) is 48.9 Å². The number of alkyl halides is 3. The first-order valence-corrected chi connectivity index (χ1v) is 21.3. The van der Waals surface area contributed by atoms with Gasteiger partial charge in [-0.3, -0.25) is 9.78 Å². The Morgan fingerprint density at radius 1 is 0.828 bits per heavy atom. The standard InChI is InChI=1S/C35H35F3NS.C15H28O2.Ir/c1-19(2)29-17-26(16-25-14-20(3)21(4)15-30(25)29)31-33-28(11-12-39-31)23(6)32(40-33)27-10-9-24(13-22(27)5)18-34(7,8)35(36,37)38;1-7-14(5,8-2)12(16)11-13(17)15(6,9-3)10-4;/h9-15,17,19H,18H2,1-8H3;11,16H,7-10H2,1-6H3;/q-1;;/b;12-11-;. The topological polar surface area (TPSA) is 50.2 Å². The van der Waals surface area contributed by atoms with Crippen LogP contribution in [0.3, 0.4) is 0 Å². The van der Waals surface area contributed by atoms with E-state index in [2.05, 4.69) is 65.0 Å². The number of benzene rings is 3. The second-order valence-corrected chi connectivity index (χ2v) is 18.5. The van der Waals surface area contributed by atoms with Gasteiger partial charge in [0.2, 0.25) is 0 Å². The van der Waals surface area contributed by atoms with Crippen LogP contribution in [0.2, 0.25) is 0 Å². The summed E-state index contributed by atoms with van der Waals surface area (Å²) in [4.78, 5) is 18.1. The SMILES string of the molecule is CCC(C)(CC)C(=O)/C=C(\O)C(C)(CC)CC.Cc1cc2[c-]c(-c3nccc4c(C)c(-c5ccc(CC(C)(C)C(F)(F)F)cc5C)sc34)cc(C(C)C)c2cc1C.[Ir]. The molecule has 8 heteroatoms. The number of halogens is 3. The van der Waals surface area contributed by atoms with Gasteiger partial charge in [0.05, 0.1) is 5.41 Å². The van der Waals surface area contributed by atoms with E-state index in [1.807, 2.05) is 72.9 Å². The van der Waals surface area contributed by atoms with E-state index in [4.69, 9.17) is 4.98 Å². The van der Waals surface area contributed by atoms with E-state index in [0.29, 0.717) is 11.5 Å². The average Bonchev–Trinajstić information content (AvgIpc) is 3.49. The van der Waals surface area contributed by atoms with Crippen molar-refractivity contribution in [1.29, 1.82) is 0 Å². The van der Waals surface area contributed by atoms with Gasteiger partial charge in [0.15, 0.2) is 5.78 Å². The molecule has 0 unspecified atom stereocenters. The van der Waals surface area contributed by atoms with Crippen molar-refractivity contribution in [3.63, 3.8) is 0 Å². The number of aryl methyl sites for hydroxylation is 4. The molecule has 58 heavy (non-hydrogen) atoms. The van der Waals surface area contributed by atoms with Crippen LogP contribution in [0.25, 0.3) is 42.6 Å². The number of thiophene rings is 1. The summed E-state index contributed by atoms with van der Waals surface area (Å²) < 4.78 is 41.6. The smallest absolute Gasteiger partial charge is 0.394 e. The number of pyridine rings is 1. The fraction of sp³-hybridized carbons (Fsp3) is 0.480. The van der Waals surface area contributed by atoms with Gasteiger partial charge in [-0.25, -0.2) is 0 Å². The molecule has 0 saturated heterocycles. The van der Waals surface area contributed by atoms with Gasteiger partial charge in [-0.1, -0.05) is 116 Å². The van der Waals surface area contributed by atoms with E-state index >= 15 is 0 Å². The van der Waals surface area contributed by atoms with Crippen LogP contribution in [0.1, 0.15) is 134 Å². The molecule has 5 rings (SSSR count). The van der Waals surface area contributed by atoms with Crippen molar-refractivity contribution in [1.82, 2.24) is 4.98 Å². The third-order valence-corrected chi connectivity index (χ3v) is 14.1. The number of hydrogen-bond donors (Lipinski definition) is 1. The molecule has 0 saturated carbocycles. The van der Waals surface area contributed by atoms with E-state index in [1.54, 1.807) is 11.3 Å². The summed E-state index contributed by atoms with van der Waals surface area (Å²) >= 11 is 1.70. The number of hydrogen-bond acceptors (Lipinski definition) is 4. The third-order valence-electron chi connectivity index (χ3n) is 12.8. The molecule has 0 aliphatic rings. The summed E-state index contributed by atoms with van der Waals surface area (Å²) in [5.41, 5.74) is 7.21. The minimum absolute atomic E-state index is 0. The van der Waals surface area contributed by atoms with Crippen LogP contribution < -0.4 is 0 Å². The Kier molecular flexibility index (Phi) is 16.0. The molecule has 0 amide bonds. The summed E-state index contributed by atoms with van der Waals surface area (Å²) in [5, 5.41) is 13.6. The fourth-order valence-corrected chi connectivity index (χ4v) is 8.56. The van der Waals surface area contributed by atoms with Crippen LogP contribution in [0, 0.1) is 50.0 Å². The molecule has 0 fully saturated rings. The van der Waals surface area contributed by atoms with Gasteiger partial charge in [-0.05, 0) is 99.4 Å². The first-order chi connectivity index (χ1) is 26.5. The predicted molar refractivity (Wildman–Crippen MR) is 237 cm³/mol. The average molecular weight is 991 g/mol. The molecular formula is C50H63F3IrNO2S-. The molecule has 0 spiro atoms. The predicted octanol–water partition coefficient (Wildman–Crippen LogP) is 15.7. The van der Waals surface area contributed by atoms with Crippen molar-refractivity contribution in [2.24, 2.45) is 16.2 Å². The van der Waals surface area contributed by atoms with Crippen molar-refractivity contribution >= 4 is 38.0 Å². The summed E-state index contributed by atoms with van der Waals surface area (Å²) in [6, 6.07) is 18.2. The number of fused-ring (bicyclic) bond motifs is 2. The number of aromatic nitrogens is 1. The molecule has 317 valence electrons. The van der Waals surface area contributed by atoms with E-state index in [0.717, 1.165) is 74.0 Å². The van der Waals surface area contributed by atoms with Gasteiger partial charge in [0, 0.05) is 58.5 Å². The van der Waals surface area contributed by atoms with Crippen LogP contribution in [0.5, 0.6) is 0 Å². The minimum Gasteiger partial charge on any atom is -0.512 e. The Balaban J connectivity index is 0.000000425. The van der Waals surface area contributed by atoms with E-state index in [1.165, 1.54) is 42.0 Å². The zero-order valence-corrected chi connectivity index (χ0v) is 40.2. The maximum atomic E-state index is 13.5. The maximum Gasteiger partial charge on any atom is 0.394 e. The fourth-order valence-electron chi connectivity index (χ4n) is 7.16. The summed E-state index contributed by atoms with van der Waals surface area (Å²) in [6.45, 7) is 27.4. The molecule has 3 nitrogen and oxygen atoms in total. The first kappa shape index (κ1) is 49.0.